The highest BCUT2D eigenvalue weighted by molar-refractivity contribution is 6.60. The third kappa shape index (κ3) is 2.91. The molecule has 88 valence electrons. The van der Waals surface area contributed by atoms with E-state index in [0.717, 1.165) is 18.8 Å². The molecule has 5 heteroatoms. The number of anilines is 1. The van der Waals surface area contributed by atoms with Gasteiger partial charge in [-0.3, -0.25) is 0 Å². The third-order valence-corrected chi connectivity index (χ3v) is 2.91. The monoisotopic (exact) mass is 241 g/mol. The van der Waals surface area contributed by atoms with E-state index in [0.29, 0.717) is 5.46 Å². The second-order valence-electron chi connectivity index (χ2n) is 3.98. The van der Waals surface area contributed by atoms with Gasteiger partial charge in [-0.05, 0) is 25.3 Å². The van der Waals surface area contributed by atoms with Crippen LogP contribution in [0, 0.1) is 0 Å². The molecule has 0 atom stereocenters. The van der Waals surface area contributed by atoms with Gasteiger partial charge in [0.15, 0.2) is 0 Å². The molecule has 3 nitrogen and oxygen atoms in total. The Morgan fingerprint density at radius 1 is 1.00 bits per heavy atom. The lowest BCUT2D eigenvalue weighted by Crippen LogP contribution is -2.39. The summed E-state index contributed by atoms with van der Waals surface area (Å²) in [6.45, 7) is 2.04. The summed E-state index contributed by atoms with van der Waals surface area (Å²) in [5, 5.41) is 18.5. The molecule has 0 bridgehead atoms. The van der Waals surface area contributed by atoms with E-state index in [1.165, 1.54) is 19.3 Å². The first kappa shape index (κ1) is 13.4. The fraction of sp³-hybridized carbons (Fsp3) is 0.455. The van der Waals surface area contributed by atoms with Crippen LogP contribution >= 0.6 is 12.4 Å². The summed E-state index contributed by atoms with van der Waals surface area (Å²) < 4.78 is 0. The van der Waals surface area contributed by atoms with Crippen molar-refractivity contribution in [2.45, 2.75) is 19.3 Å². The molecule has 1 aliphatic heterocycles. The van der Waals surface area contributed by atoms with E-state index in [1.54, 1.807) is 6.07 Å². The molecule has 1 aromatic rings. The number of benzene rings is 1. The number of nitrogens with zero attached hydrogens (tertiary/aromatic N) is 1. The molecule has 1 fully saturated rings. The van der Waals surface area contributed by atoms with Crippen molar-refractivity contribution < 1.29 is 10.0 Å². The molecule has 1 heterocycles. The average molecular weight is 242 g/mol. The molecule has 1 aromatic carbocycles. The van der Waals surface area contributed by atoms with Gasteiger partial charge in [0.05, 0.1) is 0 Å². The van der Waals surface area contributed by atoms with E-state index in [1.807, 2.05) is 18.2 Å². The van der Waals surface area contributed by atoms with Crippen molar-refractivity contribution in [3.8, 4) is 0 Å². The SMILES string of the molecule is Cl.OB(O)c1ccccc1N1CCCCC1. The van der Waals surface area contributed by atoms with Crippen LogP contribution in [0.1, 0.15) is 19.3 Å². The Morgan fingerprint density at radius 3 is 2.25 bits per heavy atom. The predicted molar refractivity (Wildman–Crippen MR) is 69.6 cm³/mol. The fourth-order valence-corrected chi connectivity index (χ4v) is 2.13. The Labute approximate surface area is 103 Å². The van der Waals surface area contributed by atoms with Gasteiger partial charge in [-0.15, -0.1) is 12.4 Å². The van der Waals surface area contributed by atoms with Crippen LogP contribution in [0.25, 0.3) is 0 Å². The van der Waals surface area contributed by atoms with Crippen molar-refractivity contribution >= 4 is 30.7 Å². The van der Waals surface area contributed by atoms with Crippen LogP contribution in [-0.4, -0.2) is 30.3 Å². The zero-order valence-corrected chi connectivity index (χ0v) is 9.99. The first-order chi connectivity index (χ1) is 7.29. The van der Waals surface area contributed by atoms with Gasteiger partial charge in [-0.2, -0.15) is 0 Å². The van der Waals surface area contributed by atoms with Gasteiger partial charge in [0, 0.05) is 24.2 Å². The molecule has 0 radical (unpaired) electrons. The van der Waals surface area contributed by atoms with Crippen LogP contribution in [0.4, 0.5) is 5.69 Å². The Morgan fingerprint density at radius 2 is 1.62 bits per heavy atom. The van der Waals surface area contributed by atoms with Crippen LogP contribution in [-0.2, 0) is 0 Å². The molecule has 0 spiro atoms. The summed E-state index contributed by atoms with van der Waals surface area (Å²) in [6.07, 6.45) is 3.66. The number of rotatable bonds is 2. The molecule has 1 saturated heterocycles. The van der Waals surface area contributed by atoms with Crippen molar-refractivity contribution in [3.05, 3.63) is 24.3 Å². The summed E-state index contributed by atoms with van der Waals surface area (Å²) >= 11 is 0. The Balaban J connectivity index is 0.00000128. The van der Waals surface area contributed by atoms with E-state index in [2.05, 4.69) is 4.90 Å². The van der Waals surface area contributed by atoms with E-state index in [4.69, 9.17) is 0 Å². The average Bonchev–Trinajstić information content (AvgIpc) is 2.30. The van der Waals surface area contributed by atoms with Crippen LogP contribution in [0.2, 0.25) is 0 Å². The van der Waals surface area contributed by atoms with E-state index < -0.39 is 7.12 Å². The maximum atomic E-state index is 9.26. The topological polar surface area (TPSA) is 43.7 Å². The number of para-hydroxylation sites is 1. The minimum Gasteiger partial charge on any atom is -0.423 e. The lowest BCUT2D eigenvalue weighted by atomic mass is 9.78. The third-order valence-electron chi connectivity index (χ3n) is 2.91. The number of hydrogen-bond donors (Lipinski definition) is 2. The quantitative estimate of drug-likeness (QED) is 0.752. The summed E-state index contributed by atoms with van der Waals surface area (Å²) in [5.41, 5.74) is 1.58. The maximum Gasteiger partial charge on any atom is 0.490 e. The minimum absolute atomic E-state index is 0. The fourth-order valence-electron chi connectivity index (χ4n) is 2.13. The van der Waals surface area contributed by atoms with Gasteiger partial charge >= 0.3 is 7.12 Å². The Bertz CT molecular complexity index is 330. The van der Waals surface area contributed by atoms with Gasteiger partial charge in [0.2, 0.25) is 0 Å². The van der Waals surface area contributed by atoms with Crippen LogP contribution in [0.15, 0.2) is 24.3 Å². The highest BCUT2D eigenvalue weighted by Gasteiger charge is 2.20. The second-order valence-corrected chi connectivity index (χ2v) is 3.98. The minimum atomic E-state index is -1.37. The van der Waals surface area contributed by atoms with Crippen molar-refractivity contribution in [2.75, 3.05) is 18.0 Å². The molecule has 2 N–H and O–H groups in total. The highest BCUT2D eigenvalue weighted by Crippen LogP contribution is 2.17. The van der Waals surface area contributed by atoms with Crippen LogP contribution < -0.4 is 10.4 Å². The lowest BCUT2D eigenvalue weighted by Gasteiger charge is -2.30. The Kier molecular flexibility index (Phi) is 5.12. The molecular weight excluding hydrogens is 224 g/mol. The normalized spacial score (nSPS) is 15.5. The van der Waals surface area contributed by atoms with Crippen LogP contribution in [0.3, 0.4) is 0 Å². The molecule has 0 unspecified atom stereocenters. The largest absolute Gasteiger partial charge is 0.490 e. The number of hydrogen-bond acceptors (Lipinski definition) is 3. The number of piperidine rings is 1. The standard InChI is InChI=1S/C11H16BNO2.ClH/c14-12(15)10-6-2-3-7-11(10)13-8-4-1-5-9-13;/h2-3,6-7,14-15H,1,4-5,8-9H2;1H. The van der Waals surface area contributed by atoms with Crippen molar-refractivity contribution in [3.63, 3.8) is 0 Å². The zero-order chi connectivity index (χ0) is 10.7. The first-order valence-corrected chi connectivity index (χ1v) is 5.49. The number of halogens is 1. The van der Waals surface area contributed by atoms with Gasteiger partial charge in [0.1, 0.15) is 0 Å². The maximum absolute atomic E-state index is 9.26. The lowest BCUT2D eigenvalue weighted by molar-refractivity contribution is 0.425. The molecule has 0 amide bonds. The summed E-state index contributed by atoms with van der Waals surface area (Å²) in [5.74, 6) is 0. The van der Waals surface area contributed by atoms with Gasteiger partial charge in [-0.1, -0.05) is 18.2 Å². The first-order valence-electron chi connectivity index (χ1n) is 5.49. The van der Waals surface area contributed by atoms with Gasteiger partial charge in [-0.25, -0.2) is 0 Å². The zero-order valence-electron chi connectivity index (χ0n) is 9.17. The molecule has 0 aromatic heterocycles. The van der Waals surface area contributed by atoms with Gasteiger partial charge < -0.3 is 14.9 Å². The van der Waals surface area contributed by atoms with Crippen molar-refractivity contribution in [2.24, 2.45) is 0 Å². The molecule has 1 aliphatic rings. The van der Waals surface area contributed by atoms with Crippen molar-refractivity contribution in [1.29, 1.82) is 0 Å². The molecule has 0 aliphatic carbocycles. The second kappa shape index (κ2) is 6.13. The smallest absolute Gasteiger partial charge is 0.423 e. The Hall–Kier alpha value is -0.705. The van der Waals surface area contributed by atoms with Crippen LogP contribution in [0.5, 0.6) is 0 Å². The predicted octanol–water partition coefficient (Wildman–Crippen LogP) is 0.778. The van der Waals surface area contributed by atoms with Crippen molar-refractivity contribution in [1.82, 2.24) is 0 Å². The molecule has 0 saturated carbocycles. The van der Waals surface area contributed by atoms with E-state index in [9.17, 15) is 10.0 Å². The molecule has 2 rings (SSSR count). The summed E-state index contributed by atoms with van der Waals surface area (Å²) in [6, 6.07) is 7.51. The highest BCUT2D eigenvalue weighted by atomic mass is 35.5. The summed E-state index contributed by atoms with van der Waals surface area (Å²) in [7, 11) is -1.37. The van der Waals surface area contributed by atoms with E-state index >= 15 is 0 Å². The van der Waals surface area contributed by atoms with E-state index in [-0.39, 0.29) is 12.4 Å². The molecular formula is C11H17BClNO2. The summed E-state index contributed by atoms with van der Waals surface area (Å²) in [4.78, 5) is 2.23. The van der Waals surface area contributed by atoms with Gasteiger partial charge in [0.25, 0.3) is 0 Å². The molecule has 16 heavy (non-hydrogen) atoms.